The molecule has 2 unspecified atom stereocenters. The smallest absolute Gasteiger partial charge is 0.150 e. The quantitative estimate of drug-likeness (QED) is 0.841. The van der Waals surface area contributed by atoms with E-state index in [4.69, 9.17) is 0 Å². The molecule has 0 aromatic carbocycles. The molecule has 1 aromatic rings. The summed E-state index contributed by atoms with van der Waals surface area (Å²) in [5.74, 6) is 1.58. The van der Waals surface area contributed by atoms with Gasteiger partial charge in [0.15, 0.2) is 9.84 Å². The molecule has 0 bridgehead atoms. The summed E-state index contributed by atoms with van der Waals surface area (Å²) in [6.45, 7) is 5.21. The Morgan fingerprint density at radius 2 is 2.25 bits per heavy atom. The zero-order valence-electron chi connectivity index (χ0n) is 12.3. The lowest BCUT2D eigenvalue weighted by Gasteiger charge is -2.24. The Morgan fingerprint density at radius 3 is 2.80 bits per heavy atom. The number of rotatable bonds is 7. The predicted molar refractivity (Wildman–Crippen MR) is 86.0 cm³/mol. The number of thiophene rings is 1. The Morgan fingerprint density at radius 1 is 1.45 bits per heavy atom. The summed E-state index contributed by atoms with van der Waals surface area (Å²) in [5.41, 5.74) is 0. The largest absolute Gasteiger partial charge is 0.314 e. The van der Waals surface area contributed by atoms with E-state index in [1.54, 1.807) is 11.3 Å². The van der Waals surface area contributed by atoms with Crippen molar-refractivity contribution < 1.29 is 8.42 Å². The fraction of sp³-hybridized carbons (Fsp3) is 0.733. The molecule has 1 aliphatic rings. The number of nitrogens with one attached hydrogen (secondary N) is 1. The summed E-state index contributed by atoms with van der Waals surface area (Å²) >= 11 is 1.79. The summed E-state index contributed by atoms with van der Waals surface area (Å²) in [4.78, 5) is 1.40. The first-order valence-electron chi connectivity index (χ1n) is 7.42. The summed E-state index contributed by atoms with van der Waals surface area (Å²) in [6.07, 6.45) is 3.00. The molecule has 2 rings (SSSR count). The van der Waals surface area contributed by atoms with Gasteiger partial charge >= 0.3 is 0 Å². The highest BCUT2D eigenvalue weighted by Gasteiger charge is 2.33. The summed E-state index contributed by atoms with van der Waals surface area (Å²) in [7, 11) is -2.78. The van der Waals surface area contributed by atoms with Gasteiger partial charge in [-0.05, 0) is 49.1 Å². The van der Waals surface area contributed by atoms with Crippen molar-refractivity contribution in [2.24, 2.45) is 11.8 Å². The first-order valence-corrected chi connectivity index (χ1v) is 10.1. The Balaban J connectivity index is 1.93. The molecule has 0 spiro atoms. The molecular weight excluding hydrogens is 290 g/mol. The molecule has 3 nitrogen and oxygen atoms in total. The predicted octanol–water partition coefficient (Wildman–Crippen LogP) is 2.73. The zero-order chi connectivity index (χ0) is 14.6. The van der Waals surface area contributed by atoms with Crippen LogP contribution < -0.4 is 5.32 Å². The maximum Gasteiger partial charge on any atom is 0.150 e. The van der Waals surface area contributed by atoms with Gasteiger partial charge in [-0.1, -0.05) is 19.9 Å². The van der Waals surface area contributed by atoms with Gasteiger partial charge in [0.1, 0.15) is 0 Å². The Hall–Kier alpha value is -0.390. The third kappa shape index (κ3) is 4.86. The van der Waals surface area contributed by atoms with Crippen molar-refractivity contribution in [2.45, 2.75) is 39.2 Å². The highest BCUT2D eigenvalue weighted by Crippen LogP contribution is 2.29. The molecule has 1 saturated heterocycles. The van der Waals surface area contributed by atoms with Crippen LogP contribution in [0.5, 0.6) is 0 Å². The lowest BCUT2D eigenvalue weighted by molar-refractivity contribution is 0.317. The lowest BCUT2D eigenvalue weighted by Crippen LogP contribution is -2.33. The Bertz CT molecular complexity index is 494. The van der Waals surface area contributed by atoms with E-state index in [-0.39, 0.29) is 0 Å². The number of hydrogen-bond acceptors (Lipinski definition) is 4. The van der Waals surface area contributed by atoms with Gasteiger partial charge in [0.2, 0.25) is 0 Å². The molecule has 0 radical (unpaired) electrons. The second-order valence-corrected chi connectivity index (χ2v) is 9.37. The van der Waals surface area contributed by atoms with Crippen LogP contribution in [-0.4, -0.2) is 32.5 Å². The van der Waals surface area contributed by atoms with E-state index < -0.39 is 9.84 Å². The fourth-order valence-corrected chi connectivity index (χ4v) is 5.51. The van der Waals surface area contributed by atoms with Crippen LogP contribution in [0.2, 0.25) is 0 Å². The third-order valence-corrected chi connectivity index (χ3v) is 6.79. The van der Waals surface area contributed by atoms with E-state index in [0.29, 0.717) is 29.4 Å². The fourth-order valence-electron chi connectivity index (χ4n) is 2.87. The average molecular weight is 316 g/mol. The van der Waals surface area contributed by atoms with Crippen LogP contribution >= 0.6 is 11.3 Å². The monoisotopic (exact) mass is 315 g/mol. The van der Waals surface area contributed by atoms with E-state index in [2.05, 4.69) is 36.7 Å². The molecule has 114 valence electrons. The SMILES string of the molecule is CC(C)NCC(CCc1cccs1)C1CCS(=O)(=O)C1. The van der Waals surface area contributed by atoms with Gasteiger partial charge in [-0.2, -0.15) is 0 Å². The minimum absolute atomic E-state index is 0.339. The molecule has 0 amide bonds. The molecule has 5 heteroatoms. The van der Waals surface area contributed by atoms with Crippen LogP contribution in [0.15, 0.2) is 17.5 Å². The van der Waals surface area contributed by atoms with Crippen LogP contribution in [0.1, 0.15) is 31.6 Å². The van der Waals surface area contributed by atoms with Gasteiger partial charge < -0.3 is 5.32 Å². The van der Waals surface area contributed by atoms with Crippen molar-refractivity contribution >= 4 is 21.2 Å². The number of sulfone groups is 1. The normalized spacial score (nSPS) is 23.2. The van der Waals surface area contributed by atoms with E-state index >= 15 is 0 Å². The van der Waals surface area contributed by atoms with E-state index in [1.165, 1.54) is 4.88 Å². The number of hydrogen-bond donors (Lipinski definition) is 1. The molecule has 1 N–H and O–H groups in total. The zero-order valence-corrected chi connectivity index (χ0v) is 14.0. The van der Waals surface area contributed by atoms with E-state index in [0.717, 1.165) is 25.8 Å². The minimum Gasteiger partial charge on any atom is -0.314 e. The van der Waals surface area contributed by atoms with Crippen molar-refractivity contribution in [1.29, 1.82) is 0 Å². The van der Waals surface area contributed by atoms with E-state index in [9.17, 15) is 8.42 Å². The van der Waals surface area contributed by atoms with Gasteiger partial charge in [-0.25, -0.2) is 8.42 Å². The maximum atomic E-state index is 11.7. The van der Waals surface area contributed by atoms with E-state index in [1.807, 2.05) is 0 Å². The van der Waals surface area contributed by atoms with Crippen LogP contribution in [0.3, 0.4) is 0 Å². The maximum absolute atomic E-state index is 11.7. The Kier molecular flexibility index (Phi) is 5.64. The molecule has 2 atom stereocenters. The molecule has 0 aliphatic carbocycles. The highest BCUT2D eigenvalue weighted by molar-refractivity contribution is 7.91. The topological polar surface area (TPSA) is 46.2 Å². The second kappa shape index (κ2) is 7.05. The minimum atomic E-state index is -2.78. The van der Waals surface area contributed by atoms with Gasteiger partial charge in [-0.3, -0.25) is 0 Å². The molecule has 20 heavy (non-hydrogen) atoms. The molecule has 0 saturated carbocycles. The van der Waals surface area contributed by atoms with Crippen molar-refractivity contribution in [3.8, 4) is 0 Å². The first-order chi connectivity index (χ1) is 9.46. The van der Waals surface area contributed by atoms with Crippen molar-refractivity contribution in [1.82, 2.24) is 5.32 Å². The Labute approximate surface area is 126 Å². The highest BCUT2D eigenvalue weighted by atomic mass is 32.2. The number of aryl methyl sites for hydroxylation is 1. The summed E-state index contributed by atoms with van der Waals surface area (Å²) in [5, 5.41) is 5.60. The molecular formula is C15H25NO2S2. The van der Waals surface area contributed by atoms with Crippen LogP contribution in [0.25, 0.3) is 0 Å². The van der Waals surface area contributed by atoms with Crippen molar-refractivity contribution in [3.05, 3.63) is 22.4 Å². The van der Waals surface area contributed by atoms with Crippen LogP contribution in [0.4, 0.5) is 0 Å². The summed E-state index contributed by atoms with van der Waals surface area (Å²) < 4.78 is 23.4. The van der Waals surface area contributed by atoms with Crippen LogP contribution in [-0.2, 0) is 16.3 Å². The standard InChI is InChI=1S/C15H25NO2S2/c1-12(2)16-10-13(5-6-15-4-3-8-19-15)14-7-9-20(17,18)11-14/h3-4,8,12-14,16H,5-7,9-11H2,1-2H3. The third-order valence-electron chi connectivity index (χ3n) is 4.06. The first kappa shape index (κ1) is 16.0. The van der Waals surface area contributed by atoms with Crippen molar-refractivity contribution in [2.75, 3.05) is 18.1 Å². The lowest BCUT2D eigenvalue weighted by atomic mass is 9.87. The van der Waals surface area contributed by atoms with Crippen LogP contribution in [0, 0.1) is 11.8 Å². The molecule has 2 heterocycles. The van der Waals surface area contributed by atoms with Gasteiger partial charge in [0.05, 0.1) is 11.5 Å². The summed E-state index contributed by atoms with van der Waals surface area (Å²) in [6, 6.07) is 4.71. The molecule has 1 aromatic heterocycles. The van der Waals surface area contributed by atoms with Gasteiger partial charge in [0.25, 0.3) is 0 Å². The van der Waals surface area contributed by atoms with Gasteiger partial charge in [-0.15, -0.1) is 11.3 Å². The molecule has 1 fully saturated rings. The van der Waals surface area contributed by atoms with Gasteiger partial charge in [0, 0.05) is 10.9 Å². The second-order valence-electron chi connectivity index (χ2n) is 6.10. The average Bonchev–Trinajstić information content (AvgIpc) is 2.98. The van der Waals surface area contributed by atoms with Crippen molar-refractivity contribution in [3.63, 3.8) is 0 Å². The molecule has 1 aliphatic heterocycles.